The molecule has 200 valence electrons. The molecule has 2 aromatic rings. The SMILES string of the molecule is CC(C)(C)OC(=O)N1CCCC(n2nc(C(=O)N3CCOCC3)c3c2-c2cccc(Cl)c2S(=O)(=O)C3)C1. The minimum Gasteiger partial charge on any atom is -0.444 e. The van der Waals surface area contributed by atoms with E-state index in [1.807, 2.05) is 20.8 Å². The van der Waals surface area contributed by atoms with Gasteiger partial charge in [-0.05, 0) is 39.7 Å². The number of sulfone groups is 1. The molecular weight excluding hydrogens is 520 g/mol. The summed E-state index contributed by atoms with van der Waals surface area (Å²) < 4.78 is 39.4. The second-order valence-corrected chi connectivity index (χ2v) is 13.0. The van der Waals surface area contributed by atoms with Crippen molar-refractivity contribution in [3.8, 4) is 11.3 Å². The van der Waals surface area contributed by atoms with E-state index < -0.39 is 21.5 Å². The number of morpholine rings is 1. The highest BCUT2D eigenvalue weighted by Gasteiger charge is 2.40. The number of likely N-dealkylation sites (tertiary alicyclic amines) is 1. The van der Waals surface area contributed by atoms with Crippen LogP contribution in [0, 0.1) is 0 Å². The first kappa shape index (κ1) is 26.0. The molecule has 5 rings (SSSR count). The van der Waals surface area contributed by atoms with Crippen LogP contribution in [-0.2, 0) is 25.1 Å². The van der Waals surface area contributed by atoms with Gasteiger partial charge in [-0.15, -0.1) is 0 Å². The van der Waals surface area contributed by atoms with Crippen molar-refractivity contribution in [3.05, 3.63) is 34.5 Å². The number of hydrogen-bond acceptors (Lipinski definition) is 7. The van der Waals surface area contributed by atoms with Crippen molar-refractivity contribution in [2.75, 3.05) is 39.4 Å². The lowest BCUT2D eigenvalue weighted by atomic mass is 10.0. The van der Waals surface area contributed by atoms with Gasteiger partial charge in [-0.3, -0.25) is 9.48 Å². The first-order valence-electron chi connectivity index (χ1n) is 12.4. The zero-order valence-electron chi connectivity index (χ0n) is 21.2. The third-order valence-corrected chi connectivity index (χ3v) is 8.93. The number of piperidine rings is 1. The van der Waals surface area contributed by atoms with Crippen LogP contribution in [0.3, 0.4) is 0 Å². The van der Waals surface area contributed by atoms with Crippen LogP contribution >= 0.6 is 11.6 Å². The summed E-state index contributed by atoms with van der Waals surface area (Å²) in [6.07, 6.45) is 1.02. The van der Waals surface area contributed by atoms with Crippen molar-refractivity contribution in [3.63, 3.8) is 0 Å². The van der Waals surface area contributed by atoms with Crippen LogP contribution in [-0.4, -0.2) is 85.0 Å². The van der Waals surface area contributed by atoms with Crippen molar-refractivity contribution in [1.29, 1.82) is 0 Å². The Labute approximate surface area is 221 Å². The molecule has 0 bridgehead atoms. The molecule has 1 aromatic carbocycles. The third-order valence-electron chi connectivity index (χ3n) is 6.77. The van der Waals surface area contributed by atoms with E-state index in [4.69, 9.17) is 26.2 Å². The molecule has 12 heteroatoms. The Morgan fingerprint density at radius 3 is 2.57 bits per heavy atom. The summed E-state index contributed by atoms with van der Waals surface area (Å²) in [4.78, 5) is 29.8. The van der Waals surface area contributed by atoms with Gasteiger partial charge in [-0.1, -0.05) is 23.7 Å². The van der Waals surface area contributed by atoms with Crippen LogP contribution in [0.25, 0.3) is 11.3 Å². The topological polar surface area (TPSA) is 111 Å². The van der Waals surface area contributed by atoms with E-state index >= 15 is 0 Å². The van der Waals surface area contributed by atoms with E-state index in [-0.39, 0.29) is 33.3 Å². The predicted molar refractivity (Wildman–Crippen MR) is 136 cm³/mol. The molecule has 3 aliphatic rings. The number of nitrogens with zero attached hydrogens (tertiary/aromatic N) is 4. The number of benzene rings is 1. The van der Waals surface area contributed by atoms with Crippen LogP contribution < -0.4 is 0 Å². The van der Waals surface area contributed by atoms with Gasteiger partial charge in [0.25, 0.3) is 5.91 Å². The highest BCUT2D eigenvalue weighted by Crippen LogP contribution is 2.44. The molecule has 0 saturated carbocycles. The summed E-state index contributed by atoms with van der Waals surface area (Å²) in [7, 11) is -3.80. The van der Waals surface area contributed by atoms with E-state index in [1.165, 1.54) is 0 Å². The smallest absolute Gasteiger partial charge is 0.410 e. The van der Waals surface area contributed by atoms with Crippen molar-refractivity contribution in [2.45, 2.75) is 55.9 Å². The maximum absolute atomic E-state index is 13.6. The number of carbonyl (C=O) groups is 2. The lowest BCUT2D eigenvalue weighted by Crippen LogP contribution is -2.43. The van der Waals surface area contributed by atoms with Crippen molar-refractivity contribution in [1.82, 2.24) is 19.6 Å². The Morgan fingerprint density at radius 1 is 1.14 bits per heavy atom. The average molecular weight is 551 g/mol. The molecule has 1 aromatic heterocycles. The number of amides is 2. The fraction of sp³-hybridized carbons (Fsp3) is 0.560. The highest BCUT2D eigenvalue weighted by molar-refractivity contribution is 7.91. The van der Waals surface area contributed by atoms with Crippen LogP contribution in [0.4, 0.5) is 4.79 Å². The van der Waals surface area contributed by atoms with E-state index in [1.54, 1.807) is 32.7 Å². The quantitative estimate of drug-likeness (QED) is 0.562. The molecule has 4 heterocycles. The Balaban J connectivity index is 1.60. The largest absolute Gasteiger partial charge is 0.444 e. The Hall–Kier alpha value is -2.63. The molecular formula is C25H31ClN4O6S. The summed E-state index contributed by atoms with van der Waals surface area (Å²) in [5.74, 6) is -0.689. The van der Waals surface area contributed by atoms with Crippen LogP contribution in [0.2, 0.25) is 5.02 Å². The van der Waals surface area contributed by atoms with Crippen molar-refractivity contribution < 1.29 is 27.5 Å². The molecule has 2 fully saturated rings. The number of halogens is 1. The molecule has 0 radical (unpaired) electrons. The van der Waals surface area contributed by atoms with Crippen molar-refractivity contribution >= 4 is 33.4 Å². The molecule has 1 unspecified atom stereocenters. The molecule has 0 spiro atoms. The van der Waals surface area contributed by atoms with Gasteiger partial charge in [0.05, 0.1) is 40.6 Å². The zero-order valence-corrected chi connectivity index (χ0v) is 22.8. The Bertz CT molecular complexity index is 1340. The summed E-state index contributed by atoms with van der Waals surface area (Å²) in [6, 6.07) is 4.68. The summed E-state index contributed by atoms with van der Waals surface area (Å²) >= 11 is 6.38. The second kappa shape index (κ2) is 9.59. The fourth-order valence-electron chi connectivity index (χ4n) is 5.16. The van der Waals surface area contributed by atoms with Crippen LogP contribution in [0.5, 0.6) is 0 Å². The second-order valence-electron chi connectivity index (χ2n) is 10.6. The Morgan fingerprint density at radius 2 is 1.86 bits per heavy atom. The van der Waals surface area contributed by atoms with E-state index in [0.717, 1.165) is 0 Å². The molecule has 3 aliphatic heterocycles. The normalized spacial score (nSPS) is 21.2. The van der Waals surface area contributed by atoms with Gasteiger partial charge in [0.2, 0.25) is 0 Å². The number of aromatic nitrogens is 2. The van der Waals surface area contributed by atoms with E-state index in [9.17, 15) is 18.0 Å². The maximum atomic E-state index is 13.6. The van der Waals surface area contributed by atoms with Gasteiger partial charge >= 0.3 is 6.09 Å². The minimum atomic E-state index is -3.80. The van der Waals surface area contributed by atoms with Crippen molar-refractivity contribution in [2.24, 2.45) is 0 Å². The molecule has 37 heavy (non-hydrogen) atoms. The third kappa shape index (κ3) is 4.96. The number of ether oxygens (including phenoxy) is 2. The standard InChI is InChI=1S/C25H31ClN4O6S/c1-25(2,3)36-24(32)29-9-5-6-16(14-29)30-21-17-7-4-8-19(26)22(17)37(33,34)15-18(21)20(27-30)23(31)28-10-12-35-13-11-28/h4,7-8,16H,5-6,9-15H2,1-3H3. The number of rotatable bonds is 2. The summed E-state index contributed by atoms with van der Waals surface area (Å²) in [6.45, 7) is 7.99. The first-order chi connectivity index (χ1) is 17.5. The van der Waals surface area contributed by atoms with Gasteiger partial charge in [0, 0.05) is 37.3 Å². The number of carbonyl (C=O) groups excluding carboxylic acids is 2. The van der Waals surface area contributed by atoms with Gasteiger partial charge in [0.15, 0.2) is 15.5 Å². The highest BCUT2D eigenvalue weighted by atomic mass is 35.5. The van der Waals surface area contributed by atoms with E-state index in [0.29, 0.717) is 69.1 Å². The van der Waals surface area contributed by atoms with Crippen LogP contribution in [0.1, 0.15) is 55.7 Å². The number of hydrogen-bond donors (Lipinski definition) is 0. The Kier molecular flexibility index (Phi) is 6.74. The predicted octanol–water partition coefficient (Wildman–Crippen LogP) is 3.54. The summed E-state index contributed by atoms with van der Waals surface area (Å²) in [5, 5.41) is 4.89. The van der Waals surface area contributed by atoms with Gasteiger partial charge in [-0.25, -0.2) is 13.2 Å². The van der Waals surface area contributed by atoms with Crippen LogP contribution in [0.15, 0.2) is 23.1 Å². The molecule has 10 nitrogen and oxygen atoms in total. The molecule has 1 atom stereocenters. The monoisotopic (exact) mass is 550 g/mol. The molecule has 2 saturated heterocycles. The lowest BCUT2D eigenvalue weighted by molar-refractivity contribution is 0.0166. The summed E-state index contributed by atoms with van der Waals surface area (Å²) in [5.41, 5.74) is 0.870. The lowest BCUT2D eigenvalue weighted by Gasteiger charge is -2.35. The minimum absolute atomic E-state index is 0.0514. The molecule has 0 aliphatic carbocycles. The molecule has 0 N–H and O–H groups in total. The van der Waals surface area contributed by atoms with Gasteiger partial charge in [0.1, 0.15) is 5.60 Å². The van der Waals surface area contributed by atoms with Gasteiger partial charge in [-0.2, -0.15) is 5.10 Å². The molecule has 2 amide bonds. The fourth-order valence-corrected chi connectivity index (χ4v) is 7.35. The first-order valence-corrected chi connectivity index (χ1v) is 14.5. The number of fused-ring (bicyclic) bond motifs is 3. The van der Waals surface area contributed by atoms with E-state index in [2.05, 4.69) is 0 Å². The zero-order chi connectivity index (χ0) is 26.5. The van der Waals surface area contributed by atoms with Gasteiger partial charge < -0.3 is 19.3 Å². The average Bonchev–Trinajstić information content (AvgIpc) is 3.21. The maximum Gasteiger partial charge on any atom is 0.410 e.